The monoisotopic (exact) mass is 615 g/mol. The Morgan fingerprint density at radius 1 is 0.947 bits per heavy atom. The molecule has 0 saturated heterocycles. The molecule has 0 saturated carbocycles. The van der Waals surface area contributed by atoms with Gasteiger partial charge in [0.25, 0.3) is 11.6 Å². The van der Waals surface area contributed by atoms with Crippen molar-refractivity contribution in [1.82, 2.24) is 0 Å². The van der Waals surface area contributed by atoms with Crippen molar-refractivity contribution >= 4 is 93.0 Å². The number of nitro groups is 1. The summed E-state index contributed by atoms with van der Waals surface area (Å²) in [4.78, 5) is 48.6. The van der Waals surface area contributed by atoms with Crippen LogP contribution in [0.1, 0.15) is 33.2 Å². The number of carbonyl (C=O) groups is 3. The Labute approximate surface area is 240 Å². The van der Waals surface area contributed by atoms with E-state index >= 15 is 0 Å². The molecular weight excluding hydrogens is 600 g/mol. The van der Waals surface area contributed by atoms with Crippen LogP contribution in [0.3, 0.4) is 0 Å². The van der Waals surface area contributed by atoms with E-state index in [2.05, 4.69) is 10.6 Å². The third-order valence-electron chi connectivity index (χ3n) is 5.17. The number of thioether (sulfide) groups is 1. The number of nitrogens with zero attached hydrogens (tertiary/aromatic N) is 1. The molecule has 1 atom stereocenters. The number of nitro benzene ring substituents is 1. The van der Waals surface area contributed by atoms with Crippen molar-refractivity contribution in [2.24, 2.45) is 0 Å². The van der Waals surface area contributed by atoms with Gasteiger partial charge in [-0.2, -0.15) is 0 Å². The molecule has 0 aromatic heterocycles. The second-order valence-electron chi connectivity index (χ2n) is 7.80. The molecule has 3 aromatic rings. The normalized spacial score (nSPS) is 11.5. The smallest absolute Gasteiger partial charge is 0.338 e. The molecule has 0 aliphatic rings. The summed E-state index contributed by atoms with van der Waals surface area (Å²) in [5.74, 6) is -2.80. The molecule has 0 radical (unpaired) electrons. The number of hydrogen-bond donors (Lipinski definition) is 3. The summed E-state index contributed by atoms with van der Waals surface area (Å²) in [5, 5.41) is 23.9. The van der Waals surface area contributed by atoms with Gasteiger partial charge in [0.05, 0.1) is 47.1 Å². The van der Waals surface area contributed by atoms with Gasteiger partial charge in [-0.3, -0.25) is 19.7 Å². The molecule has 0 fully saturated rings. The first-order valence-electron chi connectivity index (χ1n) is 10.5. The molecule has 2 amide bonds. The number of aryl methyl sites for hydroxylation is 1. The molecule has 9 nitrogen and oxygen atoms in total. The lowest BCUT2D eigenvalue weighted by Crippen LogP contribution is -2.23. The quantitative estimate of drug-likeness (QED) is 0.0779. The molecule has 0 bridgehead atoms. The average Bonchev–Trinajstić information content (AvgIpc) is 2.85. The van der Waals surface area contributed by atoms with E-state index in [1.54, 1.807) is 44.2 Å². The maximum Gasteiger partial charge on any atom is 0.338 e. The minimum absolute atomic E-state index is 0.149. The Morgan fingerprint density at radius 3 is 2.18 bits per heavy atom. The van der Waals surface area contributed by atoms with Gasteiger partial charge >= 0.3 is 5.97 Å². The molecule has 0 aliphatic heterocycles. The van der Waals surface area contributed by atoms with Crippen molar-refractivity contribution in [3.63, 3.8) is 0 Å². The lowest BCUT2D eigenvalue weighted by Gasteiger charge is -2.15. The van der Waals surface area contributed by atoms with E-state index in [1.807, 2.05) is 0 Å². The zero-order valence-electron chi connectivity index (χ0n) is 19.5. The fourth-order valence-corrected chi connectivity index (χ4v) is 5.18. The zero-order chi connectivity index (χ0) is 28.3. The van der Waals surface area contributed by atoms with Crippen LogP contribution in [0, 0.1) is 17.0 Å². The Bertz CT molecular complexity index is 1480. The van der Waals surface area contributed by atoms with Crippen LogP contribution in [0.4, 0.5) is 17.1 Å². The number of rotatable bonds is 8. The Morgan fingerprint density at radius 2 is 1.58 bits per heavy atom. The van der Waals surface area contributed by atoms with Crippen LogP contribution in [0.5, 0.6) is 0 Å². The van der Waals surface area contributed by atoms with E-state index in [1.165, 1.54) is 23.9 Å². The highest BCUT2D eigenvalue weighted by Crippen LogP contribution is 2.42. The van der Waals surface area contributed by atoms with Gasteiger partial charge in [-0.15, -0.1) is 11.8 Å². The first-order valence-corrected chi connectivity index (χ1v) is 12.9. The van der Waals surface area contributed by atoms with Crippen LogP contribution in [0.2, 0.25) is 20.1 Å². The van der Waals surface area contributed by atoms with Crippen LogP contribution in [-0.4, -0.2) is 33.1 Å². The van der Waals surface area contributed by atoms with E-state index in [0.29, 0.717) is 16.1 Å². The molecule has 3 aromatic carbocycles. The number of carboxylic acids is 1. The number of amides is 2. The van der Waals surface area contributed by atoms with E-state index in [-0.39, 0.29) is 26.4 Å². The fraction of sp³-hybridized carbons (Fsp3) is 0.125. The second kappa shape index (κ2) is 12.2. The lowest BCUT2D eigenvalue weighted by atomic mass is 10.1. The van der Waals surface area contributed by atoms with Gasteiger partial charge in [-0.1, -0.05) is 58.5 Å². The second-order valence-corrected chi connectivity index (χ2v) is 10.7. The minimum Gasteiger partial charge on any atom is -0.478 e. The number of anilines is 2. The Kier molecular flexibility index (Phi) is 9.50. The van der Waals surface area contributed by atoms with Gasteiger partial charge in [-0.25, -0.2) is 4.79 Å². The zero-order valence-corrected chi connectivity index (χ0v) is 23.3. The summed E-state index contributed by atoms with van der Waals surface area (Å²) in [6.07, 6.45) is 0. The molecule has 38 heavy (non-hydrogen) atoms. The van der Waals surface area contributed by atoms with Crippen molar-refractivity contribution in [3.05, 3.63) is 89.4 Å². The summed E-state index contributed by atoms with van der Waals surface area (Å²) in [6, 6.07) is 10.6. The van der Waals surface area contributed by atoms with Crippen LogP contribution < -0.4 is 10.6 Å². The van der Waals surface area contributed by atoms with Gasteiger partial charge in [-0.05, 0) is 37.6 Å². The highest BCUT2D eigenvalue weighted by molar-refractivity contribution is 8.00. The predicted octanol–water partition coefficient (Wildman–Crippen LogP) is 7.59. The average molecular weight is 617 g/mol. The highest BCUT2D eigenvalue weighted by Gasteiger charge is 2.29. The van der Waals surface area contributed by atoms with Gasteiger partial charge in [0, 0.05) is 22.7 Å². The molecule has 14 heteroatoms. The third kappa shape index (κ3) is 6.51. The summed E-state index contributed by atoms with van der Waals surface area (Å²) in [5.41, 5.74) is 0.0463. The Balaban J connectivity index is 1.79. The number of halogens is 4. The van der Waals surface area contributed by atoms with Gasteiger partial charge in [0.15, 0.2) is 0 Å². The third-order valence-corrected chi connectivity index (χ3v) is 8.07. The summed E-state index contributed by atoms with van der Waals surface area (Å²) >= 11 is 25.3. The first-order chi connectivity index (χ1) is 17.8. The van der Waals surface area contributed by atoms with Crippen molar-refractivity contribution < 1.29 is 24.4 Å². The van der Waals surface area contributed by atoms with Crippen LogP contribution >= 0.6 is 58.2 Å². The topological polar surface area (TPSA) is 139 Å². The maximum atomic E-state index is 13.0. The molecule has 3 N–H and O–H groups in total. The predicted molar refractivity (Wildman–Crippen MR) is 150 cm³/mol. The van der Waals surface area contributed by atoms with Crippen LogP contribution in [0.15, 0.2) is 47.4 Å². The number of hydrogen-bond acceptors (Lipinski definition) is 6. The van der Waals surface area contributed by atoms with Crippen LogP contribution in [0.25, 0.3) is 0 Å². The van der Waals surface area contributed by atoms with Gasteiger partial charge in [0.1, 0.15) is 0 Å². The molecule has 0 spiro atoms. The number of nitrogens with one attached hydrogen (secondary N) is 2. The van der Waals surface area contributed by atoms with Crippen molar-refractivity contribution in [2.75, 3.05) is 10.6 Å². The van der Waals surface area contributed by atoms with E-state index in [4.69, 9.17) is 46.4 Å². The fourth-order valence-electron chi connectivity index (χ4n) is 3.24. The van der Waals surface area contributed by atoms with Crippen molar-refractivity contribution in [1.29, 1.82) is 0 Å². The number of carboxylic acid groups (broad SMARTS) is 1. The maximum absolute atomic E-state index is 13.0. The van der Waals surface area contributed by atoms with Crippen LogP contribution in [-0.2, 0) is 4.79 Å². The summed E-state index contributed by atoms with van der Waals surface area (Å²) in [7, 11) is 0. The lowest BCUT2D eigenvalue weighted by molar-refractivity contribution is -0.384. The molecular formula is C24H17Cl4N3O6S. The van der Waals surface area contributed by atoms with Crippen molar-refractivity contribution in [3.8, 4) is 0 Å². The standard InChI is InChI=1S/C24H17Cl4N3O6S/c1-10-6-7-13(31(36)37)9-15(10)30-22(32)11(2)38-14-5-3-4-12(8-14)29-23(33)16-17(24(34)35)19(26)21(28)20(27)18(16)25/h3-9,11H,1-2H3,(H,29,33)(H,30,32)(H,34,35). The first kappa shape index (κ1) is 29.5. The van der Waals surface area contributed by atoms with E-state index < -0.39 is 44.1 Å². The SMILES string of the molecule is Cc1ccc([N+](=O)[O-])cc1NC(=O)C(C)Sc1cccc(NC(=O)c2c(Cl)c(Cl)c(Cl)c(Cl)c2C(=O)O)c1. The van der Waals surface area contributed by atoms with E-state index in [9.17, 15) is 29.6 Å². The van der Waals surface area contributed by atoms with E-state index in [0.717, 1.165) is 0 Å². The molecule has 0 heterocycles. The molecule has 198 valence electrons. The molecule has 0 aliphatic carbocycles. The molecule has 3 rings (SSSR count). The molecule has 1 unspecified atom stereocenters. The van der Waals surface area contributed by atoms with Gasteiger partial charge < -0.3 is 15.7 Å². The highest BCUT2D eigenvalue weighted by atomic mass is 35.5. The number of non-ortho nitro benzene ring substituents is 1. The minimum atomic E-state index is -1.52. The summed E-state index contributed by atoms with van der Waals surface area (Å²) < 4.78 is 0. The number of aromatic carboxylic acids is 1. The Hall–Kier alpha value is -3.02. The van der Waals surface area contributed by atoms with Crippen molar-refractivity contribution in [2.45, 2.75) is 24.0 Å². The summed E-state index contributed by atoms with van der Waals surface area (Å²) in [6.45, 7) is 3.36. The number of carbonyl (C=O) groups excluding carboxylic acids is 2. The number of benzene rings is 3. The largest absolute Gasteiger partial charge is 0.478 e. The van der Waals surface area contributed by atoms with Gasteiger partial charge in [0.2, 0.25) is 5.91 Å².